The van der Waals surface area contributed by atoms with Gasteiger partial charge in [-0.05, 0) is 18.6 Å². The van der Waals surface area contributed by atoms with E-state index < -0.39 is 0 Å². The molecule has 1 aromatic rings. The molecule has 0 saturated heterocycles. The van der Waals surface area contributed by atoms with Gasteiger partial charge in [0.25, 0.3) is 0 Å². The first kappa shape index (κ1) is 10.8. The van der Waals surface area contributed by atoms with E-state index in [9.17, 15) is 5.11 Å². The normalized spacial score (nSPS) is 33.7. The highest BCUT2D eigenvalue weighted by Gasteiger charge is 2.62. The first-order valence-corrected chi connectivity index (χ1v) is 5.96. The number of thioether (sulfide) groups is 1. The molecule has 0 aromatic heterocycles. The Morgan fingerprint density at radius 1 is 1.47 bits per heavy atom. The van der Waals surface area contributed by atoms with Crippen molar-refractivity contribution in [2.75, 3.05) is 6.61 Å². The highest BCUT2D eigenvalue weighted by atomic mass is 32.2. The first-order valence-electron chi connectivity index (χ1n) is 5.14. The Labute approximate surface area is 95.2 Å². The Balaban J connectivity index is 2.16. The van der Waals surface area contributed by atoms with Gasteiger partial charge in [0.1, 0.15) is 0 Å². The molecule has 1 aromatic carbocycles. The number of hydrogen-bond acceptors (Lipinski definition) is 2. The fourth-order valence-corrected chi connectivity index (χ4v) is 3.44. The van der Waals surface area contributed by atoms with Gasteiger partial charge >= 0.3 is 0 Å². The van der Waals surface area contributed by atoms with Crippen molar-refractivity contribution in [3.05, 3.63) is 43.0 Å². The van der Waals surface area contributed by atoms with E-state index in [2.05, 4.69) is 25.6 Å². The van der Waals surface area contributed by atoms with E-state index in [1.54, 1.807) is 0 Å². The van der Waals surface area contributed by atoms with Gasteiger partial charge in [-0.25, -0.2) is 0 Å². The van der Waals surface area contributed by atoms with Crippen molar-refractivity contribution in [2.24, 2.45) is 5.41 Å². The fourth-order valence-electron chi connectivity index (χ4n) is 1.94. The number of benzene rings is 1. The largest absolute Gasteiger partial charge is 0.396 e. The van der Waals surface area contributed by atoms with Crippen LogP contribution in [0.15, 0.2) is 47.9 Å². The molecule has 0 aliphatic heterocycles. The minimum Gasteiger partial charge on any atom is -0.396 e. The highest BCUT2D eigenvalue weighted by Crippen LogP contribution is 2.66. The monoisotopic (exact) mass is 220 g/mol. The zero-order valence-electron chi connectivity index (χ0n) is 8.94. The molecule has 1 N–H and O–H groups in total. The lowest BCUT2D eigenvalue weighted by Crippen LogP contribution is -2.14. The quantitative estimate of drug-likeness (QED) is 0.787. The van der Waals surface area contributed by atoms with E-state index in [-0.39, 0.29) is 16.8 Å². The maximum atomic E-state index is 9.35. The van der Waals surface area contributed by atoms with Gasteiger partial charge in [0.05, 0.1) is 6.61 Å². The van der Waals surface area contributed by atoms with Crippen molar-refractivity contribution < 1.29 is 5.11 Å². The van der Waals surface area contributed by atoms with Crippen molar-refractivity contribution in [2.45, 2.75) is 23.0 Å². The number of hydrogen-bond donors (Lipinski definition) is 1. The summed E-state index contributed by atoms with van der Waals surface area (Å²) in [6, 6.07) is 10.3. The second kappa shape index (κ2) is 3.69. The van der Waals surface area contributed by atoms with Crippen LogP contribution in [0, 0.1) is 5.41 Å². The third-order valence-electron chi connectivity index (χ3n) is 3.27. The van der Waals surface area contributed by atoms with Gasteiger partial charge in [0.15, 0.2) is 0 Å². The highest BCUT2D eigenvalue weighted by molar-refractivity contribution is 8.01. The zero-order valence-corrected chi connectivity index (χ0v) is 9.76. The van der Waals surface area contributed by atoms with Crippen molar-refractivity contribution in [1.82, 2.24) is 0 Å². The van der Waals surface area contributed by atoms with E-state index in [4.69, 9.17) is 0 Å². The van der Waals surface area contributed by atoms with Gasteiger partial charge < -0.3 is 5.11 Å². The third kappa shape index (κ3) is 1.72. The van der Waals surface area contributed by atoms with E-state index in [0.29, 0.717) is 0 Å². The van der Waals surface area contributed by atoms with Crippen molar-refractivity contribution in [1.29, 1.82) is 0 Å². The molecule has 2 unspecified atom stereocenters. The lowest BCUT2D eigenvalue weighted by molar-refractivity contribution is 0.221. The molecule has 2 rings (SSSR count). The molecule has 1 nitrogen and oxygen atoms in total. The topological polar surface area (TPSA) is 20.2 Å². The minimum atomic E-state index is 0.00918. The van der Waals surface area contributed by atoms with E-state index in [1.807, 2.05) is 36.0 Å². The van der Waals surface area contributed by atoms with Crippen LogP contribution in [-0.4, -0.2) is 16.5 Å². The molecule has 15 heavy (non-hydrogen) atoms. The van der Waals surface area contributed by atoms with Crippen molar-refractivity contribution in [3.8, 4) is 0 Å². The summed E-state index contributed by atoms with van der Waals surface area (Å²) >= 11 is 1.81. The lowest BCUT2D eigenvalue weighted by Gasteiger charge is -2.17. The molecule has 0 radical (unpaired) electrons. The second-order valence-corrected chi connectivity index (χ2v) is 5.81. The Hall–Kier alpha value is -0.730. The molecule has 0 amide bonds. The van der Waals surface area contributed by atoms with Crippen LogP contribution in [0.5, 0.6) is 0 Å². The lowest BCUT2D eigenvalue weighted by atomic mass is 10.1. The molecule has 1 saturated carbocycles. The molecule has 0 spiro atoms. The maximum absolute atomic E-state index is 9.35. The summed E-state index contributed by atoms with van der Waals surface area (Å²) in [6.07, 6.45) is 3.00. The summed E-state index contributed by atoms with van der Waals surface area (Å²) < 4.78 is 0.0309. The number of aliphatic hydroxyl groups is 1. The standard InChI is InChI=1S/C13H16OS/c1-3-13(9-12(13,2)10-14)15-11-7-5-4-6-8-11/h3-8,14H,1,9-10H2,2H3. The third-order valence-corrected chi connectivity index (χ3v) is 4.95. The predicted molar refractivity (Wildman–Crippen MR) is 65.0 cm³/mol. The van der Waals surface area contributed by atoms with Gasteiger partial charge in [-0.2, -0.15) is 0 Å². The summed E-state index contributed by atoms with van der Waals surface area (Å²) in [4.78, 5) is 1.24. The van der Waals surface area contributed by atoms with E-state index in [0.717, 1.165) is 6.42 Å². The predicted octanol–water partition coefficient (Wildman–Crippen LogP) is 3.11. The Morgan fingerprint density at radius 3 is 2.60 bits per heavy atom. The minimum absolute atomic E-state index is 0.00918. The average Bonchev–Trinajstić information content (AvgIpc) is 2.87. The van der Waals surface area contributed by atoms with Gasteiger partial charge in [0, 0.05) is 15.1 Å². The van der Waals surface area contributed by atoms with Crippen molar-refractivity contribution in [3.63, 3.8) is 0 Å². The summed E-state index contributed by atoms with van der Waals surface area (Å²) in [7, 11) is 0. The summed E-state index contributed by atoms with van der Waals surface area (Å²) in [5.74, 6) is 0. The van der Waals surface area contributed by atoms with E-state index >= 15 is 0 Å². The molecule has 1 aliphatic carbocycles. The molecule has 1 aliphatic rings. The van der Waals surface area contributed by atoms with Crippen LogP contribution in [0.2, 0.25) is 0 Å². The van der Waals surface area contributed by atoms with Crippen LogP contribution in [0.4, 0.5) is 0 Å². The fraction of sp³-hybridized carbons (Fsp3) is 0.385. The molecule has 80 valence electrons. The summed E-state index contributed by atoms with van der Waals surface area (Å²) in [5, 5.41) is 9.35. The number of rotatable bonds is 4. The molecular formula is C13H16OS. The van der Waals surface area contributed by atoms with Crippen LogP contribution in [0.3, 0.4) is 0 Å². The molecule has 2 atom stereocenters. The Kier molecular flexibility index (Phi) is 2.65. The Morgan fingerprint density at radius 2 is 2.13 bits per heavy atom. The maximum Gasteiger partial charge on any atom is 0.0501 e. The second-order valence-electron chi connectivity index (χ2n) is 4.40. The first-order chi connectivity index (χ1) is 7.16. The molecule has 2 heteroatoms. The zero-order chi connectivity index (χ0) is 10.9. The number of aliphatic hydroxyl groups excluding tert-OH is 1. The smallest absolute Gasteiger partial charge is 0.0501 e. The summed E-state index contributed by atoms with van der Waals surface area (Å²) in [6.45, 7) is 6.25. The average molecular weight is 220 g/mol. The van der Waals surface area contributed by atoms with E-state index in [1.165, 1.54) is 4.90 Å². The van der Waals surface area contributed by atoms with Crippen LogP contribution in [0.1, 0.15) is 13.3 Å². The van der Waals surface area contributed by atoms with Gasteiger partial charge in [-0.15, -0.1) is 18.3 Å². The van der Waals surface area contributed by atoms with Crippen LogP contribution >= 0.6 is 11.8 Å². The van der Waals surface area contributed by atoms with Crippen LogP contribution < -0.4 is 0 Å². The van der Waals surface area contributed by atoms with Gasteiger partial charge in [0.2, 0.25) is 0 Å². The van der Waals surface area contributed by atoms with Crippen molar-refractivity contribution >= 4 is 11.8 Å². The molecule has 1 fully saturated rings. The molecule has 0 heterocycles. The van der Waals surface area contributed by atoms with Gasteiger partial charge in [-0.3, -0.25) is 0 Å². The Bertz CT molecular complexity index is 362. The summed E-state index contributed by atoms with van der Waals surface area (Å²) in [5.41, 5.74) is 0.00918. The van der Waals surface area contributed by atoms with Crippen LogP contribution in [0.25, 0.3) is 0 Å². The molecule has 0 bridgehead atoms. The SMILES string of the molecule is C=CC1(Sc2ccccc2)CC1(C)CO. The van der Waals surface area contributed by atoms with Gasteiger partial charge in [-0.1, -0.05) is 31.2 Å². The molecular weight excluding hydrogens is 204 g/mol. The van der Waals surface area contributed by atoms with Crippen LogP contribution in [-0.2, 0) is 0 Å².